The maximum Gasteiger partial charge on any atom is 0.235 e. The molecular weight excluding hydrogens is 218 g/mol. The van der Waals surface area contributed by atoms with E-state index in [0.717, 1.165) is 36.3 Å². The lowest BCUT2D eigenvalue weighted by Gasteiger charge is -2.23. The number of hydrogen-bond donors (Lipinski definition) is 0. The average molecular weight is 233 g/mol. The minimum Gasteiger partial charge on any atom is -0.497 e. The monoisotopic (exact) mass is 233 g/mol. The zero-order chi connectivity index (χ0) is 12.3. The molecule has 0 bridgehead atoms. The molecule has 0 N–H and O–H groups in total. The summed E-state index contributed by atoms with van der Waals surface area (Å²) in [5.41, 5.74) is 2.35. The smallest absolute Gasteiger partial charge is 0.235 e. The Morgan fingerprint density at radius 3 is 2.82 bits per heavy atom. The highest BCUT2D eigenvalue weighted by molar-refractivity contribution is 5.48. The van der Waals surface area contributed by atoms with Gasteiger partial charge in [-0.3, -0.25) is 0 Å². The standard InChI is InChI=1S/C13H15NO3/c1-16-11-6-9-5-10(14-8-15)3-4-12(9)13(7-11)17-2/h6-7,10H,3-5H2,1-2H3/t10-/m0/s1. The van der Waals surface area contributed by atoms with Crippen LogP contribution < -0.4 is 9.47 Å². The number of aliphatic imine (C=N–C) groups is 1. The maximum atomic E-state index is 10.3. The van der Waals surface area contributed by atoms with Crippen molar-refractivity contribution in [2.24, 2.45) is 4.99 Å². The van der Waals surface area contributed by atoms with Gasteiger partial charge in [0.15, 0.2) is 0 Å². The van der Waals surface area contributed by atoms with Crippen LogP contribution in [0.5, 0.6) is 11.5 Å². The first-order chi connectivity index (χ1) is 8.28. The third-order valence-electron chi connectivity index (χ3n) is 3.15. The molecular formula is C13H15NO3. The predicted molar refractivity (Wildman–Crippen MR) is 63.5 cm³/mol. The molecule has 0 aromatic heterocycles. The fraction of sp³-hybridized carbons (Fsp3) is 0.462. The van der Waals surface area contributed by atoms with E-state index in [0.29, 0.717) is 0 Å². The normalized spacial score (nSPS) is 17.9. The Balaban J connectivity index is 2.38. The second-order valence-corrected chi connectivity index (χ2v) is 4.08. The number of rotatable bonds is 3. The minimum absolute atomic E-state index is 0.0387. The molecule has 0 saturated heterocycles. The Labute approximate surface area is 100 Å². The van der Waals surface area contributed by atoms with Crippen molar-refractivity contribution in [1.29, 1.82) is 0 Å². The Hall–Kier alpha value is -1.80. The van der Waals surface area contributed by atoms with Gasteiger partial charge in [0.05, 0.1) is 20.3 Å². The van der Waals surface area contributed by atoms with Gasteiger partial charge in [-0.05, 0) is 36.5 Å². The van der Waals surface area contributed by atoms with E-state index in [-0.39, 0.29) is 6.04 Å². The van der Waals surface area contributed by atoms with Crippen molar-refractivity contribution in [3.8, 4) is 11.5 Å². The van der Waals surface area contributed by atoms with Crippen molar-refractivity contribution in [3.05, 3.63) is 23.3 Å². The predicted octanol–water partition coefficient (Wildman–Crippen LogP) is 1.90. The van der Waals surface area contributed by atoms with Gasteiger partial charge in [0.25, 0.3) is 0 Å². The van der Waals surface area contributed by atoms with Gasteiger partial charge in [-0.15, -0.1) is 0 Å². The third-order valence-corrected chi connectivity index (χ3v) is 3.15. The first-order valence-corrected chi connectivity index (χ1v) is 5.59. The molecule has 0 radical (unpaired) electrons. The molecule has 1 aliphatic rings. The molecule has 1 aliphatic carbocycles. The van der Waals surface area contributed by atoms with E-state index in [4.69, 9.17) is 9.47 Å². The summed E-state index contributed by atoms with van der Waals surface area (Å²) < 4.78 is 10.6. The molecule has 2 rings (SSSR count). The first kappa shape index (κ1) is 11.7. The molecule has 0 heterocycles. The van der Waals surface area contributed by atoms with E-state index < -0.39 is 0 Å². The van der Waals surface area contributed by atoms with Gasteiger partial charge in [-0.2, -0.15) is 0 Å². The molecule has 4 heteroatoms. The quantitative estimate of drug-likeness (QED) is 0.591. The molecule has 1 aromatic carbocycles. The summed E-state index contributed by atoms with van der Waals surface area (Å²) in [7, 11) is 3.29. The van der Waals surface area contributed by atoms with E-state index in [9.17, 15) is 4.79 Å². The van der Waals surface area contributed by atoms with E-state index >= 15 is 0 Å². The Morgan fingerprint density at radius 2 is 2.18 bits per heavy atom. The molecule has 0 amide bonds. The summed E-state index contributed by atoms with van der Waals surface area (Å²) in [6, 6.07) is 3.92. The molecule has 0 unspecified atom stereocenters. The molecule has 4 nitrogen and oxygen atoms in total. The van der Waals surface area contributed by atoms with Crippen molar-refractivity contribution < 1.29 is 14.3 Å². The number of nitrogens with zero attached hydrogens (tertiary/aromatic N) is 1. The van der Waals surface area contributed by atoms with Crippen LogP contribution in [0.2, 0.25) is 0 Å². The van der Waals surface area contributed by atoms with Crippen molar-refractivity contribution in [3.63, 3.8) is 0 Å². The topological polar surface area (TPSA) is 47.9 Å². The lowest BCUT2D eigenvalue weighted by molar-refractivity contribution is 0.386. The van der Waals surface area contributed by atoms with E-state index in [1.165, 1.54) is 5.56 Å². The highest BCUT2D eigenvalue weighted by Gasteiger charge is 2.22. The number of carbonyl (C=O) groups excluding carboxylic acids is 1. The second-order valence-electron chi connectivity index (χ2n) is 4.08. The van der Waals surface area contributed by atoms with Gasteiger partial charge in [-0.1, -0.05) is 0 Å². The van der Waals surface area contributed by atoms with Gasteiger partial charge >= 0.3 is 0 Å². The molecule has 1 aromatic rings. The van der Waals surface area contributed by atoms with Crippen LogP contribution in [0.3, 0.4) is 0 Å². The highest BCUT2D eigenvalue weighted by Crippen LogP contribution is 2.34. The van der Waals surface area contributed by atoms with Crippen molar-refractivity contribution in [2.45, 2.75) is 25.3 Å². The molecule has 0 saturated carbocycles. The van der Waals surface area contributed by atoms with Crippen LogP contribution >= 0.6 is 0 Å². The SMILES string of the molecule is COc1cc2c(c(OC)c1)CC[C@H](N=C=O)C2. The van der Waals surface area contributed by atoms with Crippen LogP contribution in [0.4, 0.5) is 0 Å². The number of hydrogen-bond acceptors (Lipinski definition) is 4. The lowest BCUT2D eigenvalue weighted by atomic mass is 9.88. The molecule has 90 valence electrons. The van der Waals surface area contributed by atoms with Crippen molar-refractivity contribution in [2.75, 3.05) is 14.2 Å². The van der Waals surface area contributed by atoms with Crippen LogP contribution in [0.15, 0.2) is 17.1 Å². The van der Waals surface area contributed by atoms with Crippen molar-refractivity contribution >= 4 is 6.08 Å². The van der Waals surface area contributed by atoms with Crippen LogP contribution in [0.25, 0.3) is 0 Å². The van der Waals surface area contributed by atoms with Gasteiger partial charge < -0.3 is 9.47 Å². The number of isocyanates is 1. The number of ether oxygens (including phenoxy) is 2. The second kappa shape index (κ2) is 5.02. The average Bonchev–Trinajstić information content (AvgIpc) is 2.37. The van der Waals surface area contributed by atoms with Gasteiger partial charge in [0, 0.05) is 6.07 Å². The summed E-state index contributed by atoms with van der Waals surface area (Å²) >= 11 is 0. The van der Waals surface area contributed by atoms with Gasteiger partial charge in [-0.25, -0.2) is 9.79 Å². The number of methoxy groups -OCH3 is 2. The molecule has 0 spiro atoms. The van der Waals surface area contributed by atoms with Gasteiger partial charge in [0.1, 0.15) is 11.5 Å². The summed E-state index contributed by atoms with van der Waals surface area (Å²) in [5.74, 6) is 1.63. The van der Waals surface area contributed by atoms with Crippen LogP contribution in [-0.2, 0) is 17.6 Å². The van der Waals surface area contributed by atoms with E-state index in [1.54, 1.807) is 20.3 Å². The van der Waals surface area contributed by atoms with Crippen LogP contribution in [-0.4, -0.2) is 26.3 Å². The summed E-state index contributed by atoms with van der Waals surface area (Å²) in [5, 5.41) is 0. The zero-order valence-corrected chi connectivity index (χ0v) is 10.0. The molecule has 1 atom stereocenters. The summed E-state index contributed by atoms with van der Waals surface area (Å²) in [4.78, 5) is 14.1. The number of fused-ring (bicyclic) bond motifs is 1. The van der Waals surface area contributed by atoms with E-state index in [1.807, 2.05) is 12.1 Å². The molecule has 0 fully saturated rings. The molecule has 0 aliphatic heterocycles. The lowest BCUT2D eigenvalue weighted by Crippen LogP contribution is -2.18. The van der Waals surface area contributed by atoms with E-state index in [2.05, 4.69) is 4.99 Å². The fourth-order valence-corrected chi connectivity index (χ4v) is 2.29. The summed E-state index contributed by atoms with van der Waals surface area (Å²) in [6.45, 7) is 0. The number of benzene rings is 1. The summed E-state index contributed by atoms with van der Waals surface area (Å²) in [6.07, 6.45) is 4.13. The largest absolute Gasteiger partial charge is 0.497 e. The first-order valence-electron chi connectivity index (χ1n) is 5.59. The Bertz CT molecular complexity index is 464. The Morgan fingerprint density at radius 1 is 1.35 bits per heavy atom. The Kier molecular flexibility index (Phi) is 3.45. The van der Waals surface area contributed by atoms with Gasteiger partial charge in [0.2, 0.25) is 6.08 Å². The van der Waals surface area contributed by atoms with Crippen LogP contribution in [0, 0.1) is 0 Å². The van der Waals surface area contributed by atoms with Crippen molar-refractivity contribution in [1.82, 2.24) is 0 Å². The third kappa shape index (κ3) is 2.32. The fourth-order valence-electron chi connectivity index (χ4n) is 2.29. The zero-order valence-electron chi connectivity index (χ0n) is 10.0. The molecule has 17 heavy (non-hydrogen) atoms. The van der Waals surface area contributed by atoms with Crippen LogP contribution in [0.1, 0.15) is 17.5 Å². The minimum atomic E-state index is 0.0387. The maximum absolute atomic E-state index is 10.3. The highest BCUT2D eigenvalue weighted by atomic mass is 16.5.